The zero-order valence-corrected chi connectivity index (χ0v) is 19.6. The van der Waals surface area contributed by atoms with Gasteiger partial charge in [-0.3, -0.25) is 4.79 Å². The fourth-order valence-corrected chi connectivity index (χ4v) is 5.26. The molecule has 7 nitrogen and oxygen atoms in total. The Morgan fingerprint density at radius 1 is 1.24 bits per heavy atom. The highest BCUT2D eigenvalue weighted by molar-refractivity contribution is 5.86. The number of rotatable bonds is 8. The molecule has 2 saturated heterocycles. The first kappa shape index (κ1) is 23.8. The Kier molecular flexibility index (Phi) is 7.12. The Morgan fingerprint density at radius 2 is 1.94 bits per heavy atom. The highest BCUT2D eigenvalue weighted by atomic mass is 16.5. The van der Waals surface area contributed by atoms with Gasteiger partial charge in [-0.25, -0.2) is 9.97 Å². The van der Waals surface area contributed by atoms with E-state index in [0.29, 0.717) is 24.7 Å². The van der Waals surface area contributed by atoms with Gasteiger partial charge in [0.1, 0.15) is 0 Å². The number of nitrogens with zero attached hydrogens (tertiary/aromatic N) is 3. The summed E-state index contributed by atoms with van der Waals surface area (Å²) in [5.74, 6) is 0.00994. The molecule has 3 heterocycles. The van der Waals surface area contributed by atoms with Crippen LogP contribution in [-0.2, 0) is 11.2 Å². The van der Waals surface area contributed by atoms with Crippen LogP contribution in [0.3, 0.4) is 0 Å². The van der Waals surface area contributed by atoms with Gasteiger partial charge in [0.05, 0.1) is 28.0 Å². The maximum absolute atomic E-state index is 13.3. The topological polar surface area (TPSA) is 98.6 Å². The smallest absolute Gasteiger partial charge is 0.230 e. The molecule has 33 heavy (non-hydrogen) atoms. The summed E-state index contributed by atoms with van der Waals surface area (Å²) in [5.41, 5.74) is 2.57. The maximum atomic E-state index is 13.3. The van der Waals surface area contributed by atoms with Crippen LogP contribution in [0.2, 0.25) is 0 Å². The molecule has 0 aromatic carbocycles. The quantitative estimate of drug-likeness (QED) is 0.306. The summed E-state index contributed by atoms with van der Waals surface area (Å²) >= 11 is 0. The molecule has 1 aromatic rings. The van der Waals surface area contributed by atoms with Crippen molar-refractivity contribution in [1.29, 1.82) is 0 Å². The number of fused-ring (bicyclic) bond motifs is 1. The molecule has 3 aliphatic rings. The number of allylic oxidation sites excluding steroid dienone is 2. The number of hydrogen-bond acceptors (Lipinski definition) is 6. The van der Waals surface area contributed by atoms with E-state index in [9.17, 15) is 4.79 Å². The number of likely N-dealkylation sites (tertiary alicyclic amines) is 1. The molecule has 2 unspecified atom stereocenters. The van der Waals surface area contributed by atoms with Crippen LogP contribution < -0.4 is 16.0 Å². The molecular formula is C26H36N4O3. The van der Waals surface area contributed by atoms with E-state index in [0.717, 1.165) is 73.1 Å². The lowest BCUT2D eigenvalue weighted by molar-refractivity contribution is -0.148. The highest BCUT2D eigenvalue weighted by Crippen LogP contribution is 2.40. The number of aliphatic hydroxyl groups excluding tert-OH is 1. The van der Waals surface area contributed by atoms with Crippen molar-refractivity contribution in [2.75, 3.05) is 26.2 Å². The van der Waals surface area contributed by atoms with Crippen molar-refractivity contribution < 1.29 is 15.0 Å². The lowest BCUT2D eigenvalue weighted by Crippen LogP contribution is -2.63. The third kappa shape index (κ3) is 5.10. The molecule has 1 aromatic heterocycles. The first-order valence-corrected chi connectivity index (χ1v) is 12.1. The molecule has 1 aliphatic carbocycles. The largest absolute Gasteiger partial charge is 0.368 e. The molecule has 0 bridgehead atoms. The fourth-order valence-electron chi connectivity index (χ4n) is 5.26. The van der Waals surface area contributed by atoms with Crippen molar-refractivity contribution in [1.82, 2.24) is 20.2 Å². The van der Waals surface area contributed by atoms with E-state index >= 15 is 0 Å². The number of hydrogen-bond donors (Lipinski definition) is 3. The van der Waals surface area contributed by atoms with Gasteiger partial charge < -0.3 is 20.4 Å². The van der Waals surface area contributed by atoms with Crippen LogP contribution >= 0.6 is 0 Å². The number of piperidine rings is 1. The van der Waals surface area contributed by atoms with Crippen LogP contribution in [0.15, 0.2) is 19.2 Å². The number of amides is 1. The zero-order valence-electron chi connectivity index (χ0n) is 19.6. The number of aliphatic hydroxyl groups is 2. The predicted octanol–water partition coefficient (Wildman–Crippen LogP) is 0.738. The first-order chi connectivity index (χ1) is 15.8. The van der Waals surface area contributed by atoms with Gasteiger partial charge in [0.15, 0.2) is 6.29 Å². The van der Waals surface area contributed by atoms with Crippen LogP contribution in [0.4, 0.5) is 0 Å². The molecular weight excluding hydrogens is 416 g/mol. The Morgan fingerprint density at radius 3 is 2.61 bits per heavy atom. The summed E-state index contributed by atoms with van der Waals surface area (Å²) in [6.07, 6.45) is 9.15. The average Bonchev–Trinajstić information content (AvgIpc) is 2.78. The second-order valence-corrected chi connectivity index (χ2v) is 9.91. The van der Waals surface area contributed by atoms with Crippen LogP contribution in [0, 0.1) is 17.3 Å². The van der Waals surface area contributed by atoms with E-state index in [1.807, 2.05) is 11.0 Å². The minimum Gasteiger partial charge on any atom is -0.368 e. The third-order valence-corrected chi connectivity index (χ3v) is 7.34. The van der Waals surface area contributed by atoms with Gasteiger partial charge in [0.25, 0.3) is 0 Å². The average molecular weight is 453 g/mol. The zero-order chi connectivity index (χ0) is 23.6. The fraction of sp³-hybridized carbons (Fsp3) is 0.577. The Hall–Kier alpha value is -2.35. The molecule has 1 amide bonds. The summed E-state index contributed by atoms with van der Waals surface area (Å²) in [6.45, 7) is 13.8. The monoisotopic (exact) mass is 452 g/mol. The highest BCUT2D eigenvalue weighted by Gasteiger charge is 2.46. The second-order valence-electron chi connectivity index (χ2n) is 9.91. The van der Waals surface area contributed by atoms with Gasteiger partial charge in [-0.1, -0.05) is 32.2 Å². The summed E-state index contributed by atoms with van der Waals surface area (Å²) in [6, 6.07) is 0. The number of aromatic nitrogens is 2. The minimum atomic E-state index is -1.29. The van der Waals surface area contributed by atoms with E-state index < -0.39 is 6.29 Å². The minimum absolute atomic E-state index is 0.0469. The van der Waals surface area contributed by atoms with Crippen molar-refractivity contribution in [2.24, 2.45) is 17.3 Å². The number of unbranched alkanes of at least 4 members (excludes halogenated alkanes) is 1. The molecule has 4 rings (SSSR count). The molecule has 0 saturated carbocycles. The van der Waals surface area contributed by atoms with Crippen molar-refractivity contribution in [2.45, 2.75) is 51.7 Å². The summed E-state index contributed by atoms with van der Waals surface area (Å²) < 4.78 is 0. The number of carbonyl (C=O) groups is 1. The molecule has 7 heteroatoms. The Balaban J connectivity index is 1.55. The van der Waals surface area contributed by atoms with E-state index in [1.54, 1.807) is 6.08 Å². The molecule has 3 N–H and O–H groups in total. The van der Waals surface area contributed by atoms with Crippen molar-refractivity contribution in [3.8, 4) is 0 Å². The lowest BCUT2D eigenvalue weighted by Gasteiger charge is -2.53. The summed E-state index contributed by atoms with van der Waals surface area (Å²) in [4.78, 5) is 25.1. The van der Waals surface area contributed by atoms with E-state index in [1.165, 1.54) is 0 Å². The predicted molar refractivity (Wildman–Crippen MR) is 129 cm³/mol. The van der Waals surface area contributed by atoms with Crippen molar-refractivity contribution in [3.63, 3.8) is 0 Å². The summed E-state index contributed by atoms with van der Waals surface area (Å²) in [7, 11) is 0. The van der Waals surface area contributed by atoms with Crippen LogP contribution in [0.25, 0.3) is 17.7 Å². The molecule has 2 aliphatic heterocycles. The maximum Gasteiger partial charge on any atom is 0.230 e. The van der Waals surface area contributed by atoms with Gasteiger partial charge in [-0.05, 0) is 69.2 Å². The molecule has 1 spiro atoms. The van der Waals surface area contributed by atoms with Crippen LogP contribution in [0.5, 0.6) is 0 Å². The van der Waals surface area contributed by atoms with Gasteiger partial charge in [0.2, 0.25) is 5.91 Å². The Bertz CT molecular complexity index is 1030. The summed E-state index contributed by atoms with van der Waals surface area (Å²) in [5, 5.41) is 23.1. The Labute approximate surface area is 195 Å². The van der Waals surface area contributed by atoms with Crippen molar-refractivity contribution >= 4 is 23.6 Å². The van der Waals surface area contributed by atoms with Crippen LogP contribution in [-0.4, -0.2) is 63.5 Å². The van der Waals surface area contributed by atoms with Gasteiger partial charge >= 0.3 is 0 Å². The molecule has 0 radical (unpaired) electrons. The second kappa shape index (κ2) is 9.87. The van der Waals surface area contributed by atoms with Crippen LogP contribution in [0.1, 0.15) is 50.4 Å². The van der Waals surface area contributed by atoms with Gasteiger partial charge in [-0.2, -0.15) is 0 Å². The first-order valence-electron chi connectivity index (χ1n) is 12.1. The van der Waals surface area contributed by atoms with Gasteiger partial charge in [-0.15, -0.1) is 0 Å². The van der Waals surface area contributed by atoms with E-state index in [4.69, 9.17) is 20.2 Å². The van der Waals surface area contributed by atoms with E-state index in [2.05, 4.69) is 31.5 Å². The lowest BCUT2D eigenvalue weighted by atomic mass is 9.71. The standard InChI is InChI=1S/C26H36N4O3/c1-4-17(2)24-20(7-5-6-8-23(31)32)28-22-14-19(18(3)13-21(22)29-24)25(33)30-15-26(16-30)9-11-27-12-10-26/h4,13-14,18-19,23,27,31-32H,1-2,5-12,15-16H2,3H3. The number of nitrogens with one attached hydrogen (secondary N) is 1. The molecule has 178 valence electrons. The molecule has 2 fully saturated rings. The van der Waals surface area contributed by atoms with Crippen molar-refractivity contribution in [3.05, 3.63) is 41.3 Å². The normalized spacial score (nSPS) is 23.3. The van der Waals surface area contributed by atoms with E-state index in [-0.39, 0.29) is 17.7 Å². The SMILES string of the molecule is C=CC(=C)c1nc2c(nc1CCCCC(O)O)=CC(C(=O)N1CC3(CCNCC3)C1)C(C)C=2. The van der Waals surface area contributed by atoms with Gasteiger partial charge in [0, 0.05) is 18.5 Å². The number of aryl methyl sites for hydroxylation is 1. The molecule has 2 atom stereocenters. The third-order valence-electron chi connectivity index (χ3n) is 7.34. The number of carbonyl (C=O) groups excluding carboxylic acids is 1.